The highest BCUT2D eigenvalue weighted by atomic mass is 19.1. The Hall–Kier alpha value is -2.76. The number of nitrogens with zero attached hydrogens (tertiary/aromatic N) is 2. The van der Waals surface area contributed by atoms with Gasteiger partial charge in [-0.25, -0.2) is 9.37 Å². The quantitative estimate of drug-likeness (QED) is 0.943. The van der Waals surface area contributed by atoms with Gasteiger partial charge in [0.1, 0.15) is 11.6 Å². The Morgan fingerprint density at radius 2 is 1.79 bits per heavy atom. The standard InChI is InChI=1S/C18H18FN3O2/c19-15-6-4-14(5-7-15)18(24)22-11-8-13(9-12-22)17(23)21-16-3-1-2-10-20-16/h1-7,10,13H,8-9,11-12H2,(H,20,21,23). The molecule has 6 heteroatoms. The fourth-order valence-corrected chi connectivity index (χ4v) is 2.78. The maximum Gasteiger partial charge on any atom is 0.253 e. The Labute approximate surface area is 139 Å². The number of benzene rings is 1. The van der Waals surface area contributed by atoms with E-state index in [4.69, 9.17) is 0 Å². The van der Waals surface area contributed by atoms with Crippen molar-refractivity contribution in [3.63, 3.8) is 0 Å². The molecular weight excluding hydrogens is 309 g/mol. The van der Waals surface area contributed by atoms with Crippen LogP contribution in [0.4, 0.5) is 10.2 Å². The zero-order valence-electron chi connectivity index (χ0n) is 13.1. The van der Waals surface area contributed by atoms with Crippen molar-refractivity contribution in [1.29, 1.82) is 0 Å². The van der Waals surface area contributed by atoms with Gasteiger partial charge in [-0.1, -0.05) is 6.07 Å². The van der Waals surface area contributed by atoms with Gasteiger partial charge >= 0.3 is 0 Å². The molecule has 2 amide bonds. The van der Waals surface area contributed by atoms with Crippen LogP contribution in [-0.4, -0.2) is 34.8 Å². The second-order valence-corrected chi connectivity index (χ2v) is 5.78. The van der Waals surface area contributed by atoms with Crippen LogP contribution in [0.1, 0.15) is 23.2 Å². The third kappa shape index (κ3) is 3.76. The molecule has 0 atom stereocenters. The minimum Gasteiger partial charge on any atom is -0.339 e. The molecule has 2 aromatic rings. The predicted octanol–water partition coefficient (Wildman–Crippen LogP) is 2.71. The Bertz CT molecular complexity index is 711. The first kappa shape index (κ1) is 16.1. The maximum atomic E-state index is 12.9. The lowest BCUT2D eigenvalue weighted by Crippen LogP contribution is -2.41. The van der Waals surface area contributed by atoms with Crippen LogP contribution < -0.4 is 5.32 Å². The topological polar surface area (TPSA) is 62.3 Å². The van der Waals surface area contributed by atoms with Crippen LogP contribution in [0.25, 0.3) is 0 Å². The molecule has 1 aliphatic rings. The average molecular weight is 327 g/mol. The number of rotatable bonds is 3. The molecule has 0 saturated carbocycles. The molecule has 0 bridgehead atoms. The molecule has 0 unspecified atom stereocenters. The summed E-state index contributed by atoms with van der Waals surface area (Å²) in [5.41, 5.74) is 0.466. The van der Waals surface area contributed by atoms with Crippen LogP contribution in [0, 0.1) is 11.7 Å². The van der Waals surface area contributed by atoms with Crippen LogP contribution >= 0.6 is 0 Å². The molecule has 2 heterocycles. The summed E-state index contributed by atoms with van der Waals surface area (Å²) in [4.78, 5) is 30.4. The van der Waals surface area contributed by atoms with E-state index in [0.717, 1.165) is 0 Å². The molecule has 1 fully saturated rings. The van der Waals surface area contributed by atoms with Crippen LogP contribution in [0.15, 0.2) is 48.7 Å². The van der Waals surface area contributed by atoms with E-state index < -0.39 is 0 Å². The van der Waals surface area contributed by atoms with Gasteiger partial charge in [-0.2, -0.15) is 0 Å². The Morgan fingerprint density at radius 1 is 1.08 bits per heavy atom. The Morgan fingerprint density at radius 3 is 2.42 bits per heavy atom. The van der Waals surface area contributed by atoms with Crippen molar-refractivity contribution in [3.05, 3.63) is 60.0 Å². The second kappa shape index (κ2) is 7.21. The number of pyridine rings is 1. The lowest BCUT2D eigenvalue weighted by molar-refractivity contribution is -0.121. The van der Waals surface area contributed by atoms with Gasteiger partial charge in [0, 0.05) is 30.8 Å². The van der Waals surface area contributed by atoms with Crippen molar-refractivity contribution >= 4 is 17.6 Å². The number of anilines is 1. The second-order valence-electron chi connectivity index (χ2n) is 5.78. The molecule has 3 rings (SSSR count). The van der Waals surface area contributed by atoms with E-state index in [2.05, 4.69) is 10.3 Å². The summed E-state index contributed by atoms with van der Waals surface area (Å²) in [5, 5.41) is 2.80. The van der Waals surface area contributed by atoms with Gasteiger partial charge in [0.2, 0.25) is 5.91 Å². The average Bonchev–Trinajstić information content (AvgIpc) is 2.63. The maximum absolute atomic E-state index is 12.9. The number of amides is 2. The summed E-state index contributed by atoms with van der Waals surface area (Å²) in [7, 11) is 0. The summed E-state index contributed by atoms with van der Waals surface area (Å²) in [6, 6.07) is 10.9. The Balaban J connectivity index is 1.54. The first-order chi connectivity index (χ1) is 11.6. The first-order valence-electron chi connectivity index (χ1n) is 7.90. The fraction of sp³-hybridized carbons (Fsp3) is 0.278. The molecule has 1 aliphatic heterocycles. The molecule has 5 nitrogen and oxygen atoms in total. The molecule has 1 N–H and O–H groups in total. The SMILES string of the molecule is O=C(Nc1ccccn1)C1CCN(C(=O)c2ccc(F)cc2)CC1. The van der Waals surface area contributed by atoms with Crippen LogP contribution in [0.3, 0.4) is 0 Å². The zero-order chi connectivity index (χ0) is 16.9. The van der Waals surface area contributed by atoms with Crippen molar-refractivity contribution in [2.45, 2.75) is 12.8 Å². The highest BCUT2D eigenvalue weighted by Gasteiger charge is 2.28. The van der Waals surface area contributed by atoms with E-state index >= 15 is 0 Å². The third-order valence-electron chi connectivity index (χ3n) is 4.16. The number of hydrogen-bond donors (Lipinski definition) is 1. The summed E-state index contributed by atoms with van der Waals surface area (Å²) >= 11 is 0. The Kier molecular flexibility index (Phi) is 4.84. The van der Waals surface area contributed by atoms with Gasteiger partial charge in [0.05, 0.1) is 0 Å². The van der Waals surface area contributed by atoms with Crippen molar-refractivity contribution in [2.24, 2.45) is 5.92 Å². The predicted molar refractivity (Wildman–Crippen MR) is 87.9 cm³/mol. The number of carbonyl (C=O) groups is 2. The zero-order valence-corrected chi connectivity index (χ0v) is 13.1. The number of carbonyl (C=O) groups excluding carboxylic acids is 2. The lowest BCUT2D eigenvalue weighted by Gasteiger charge is -2.31. The molecule has 0 aliphatic carbocycles. The largest absolute Gasteiger partial charge is 0.339 e. The number of piperidine rings is 1. The summed E-state index contributed by atoms with van der Waals surface area (Å²) in [5.74, 6) is -0.158. The van der Waals surface area contributed by atoms with Crippen LogP contribution in [-0.2, 0) is 4.79 Å². The molecule has 1 aromatic heterocycles. The van der Waals surface area contributed by atoms with Crippen molar-refractivity contribution < 1.29 is 14.0 Å². The van der Waals surface area contributed by atoms with E-state index in [0.29, 0.717) is 37.3 Å². The lowest BCUT2D eigenvalue weighted by atomic mass is 9.95. The third-order valence-corrected chi connectivity index (χ3v) is 4.16. The van der Waals surface area contributed by atoms with Crippen molar-refractivity contribution in [3.8, 4) is 0 Å². The normalized spacial score (nSPS) is 15.1. The highest BCUT2D eigenvalue weighted by Crippen LogP contribution is 2.20. The smallest absolute Gasteiger partial charge is 0.253 e. The molecule has 1 saturated heterocycles. The molecular formula is C18H18FN3O2. The highest BCUT2D eigenvalue weighted by molar-refractivity contribution is 5.95. The minimum atomic E-state index is -0.364. The number of likely N-dealkylation sites (tertiary alicyclic amines) is 1. The molecule has 0 radical (unpaired) electrons. The number of hydrogen-bond acceptors (Lipinski definition) is 3. The van der Waals surface area contributed by atoms with Crippen molar-refractivity contribution in [2.75, 3.05) is 18.4 Å². The van der Waals surface area contributed by atoms with E-state index in [1.165, 1.54) is 24.3 Å². The van der Waals surface area contributed by atoms with Gasteiger partial charge in [0.25, 0.3) is 5.91 Å². The van der Waals surface area contributed by atoms with Gasteiger partial charge in [-0.3, -0.25) is 9.59 Å². The van der Waals surface area contributed by atoms with Crippen LogP contribution in [0.5, 0.6) is 0 Å². The van der Waals surface area contributed by atoms with Gasteiger partial charge in [0.15, 0.2) is 0 Å². The monoisotopic (exact) mass is 327 g/mol. The summed E-state index contributed by atoms with van der Waals surface area (Å²) in [6.07, 6.45) is 2.83. The minimum absolute atomic E-state index is 0.0671. The van der Waals surface area contributed by atoms with E-state index in [9.17, 15) is 14.0 Å². The fourth-order valence-electron chi connectivity index (χ4n) is 2.78. The molecule has 0 spiro atoms. The molecule has 24 heavy (non-hydrogen) atoms. The molecule has 124 valence electrons. The van der Waals surface area contributed by atoms with Crippen molar-refractivity contribution in [1.82, 2.24) is 9.88 Å². The van der Waals surface area contributed by atoms with Gasteiger partial charge in [-0.15, -0.1) is 0 Å². The number of nitrogens with one attached hydrogen (secondary N) is 1. The molecule has 1 aromatic carbocycles. The van der Waals surface area contributed by atoms with Gasteiger partial charge in [-0.05, 0) is 49.2 Å². The van der Waals surface area contributed by atoms with Crippen LogP contribution in [0.2, 0.25) is 0 Å². The van der Waals surface area contributed by atoms with E-state index in [-0.39, 0.29) is 23.5 Å². The van der Waals surface area contributed by atoms with E-state index in [1.54, 1.807) is 23.2 Å². The number of halogens is 1. The summed E-state index contributed by atoms with van der Waals surface area (Å²) in [6.45, 7) is 1.02. The van der Waals surface area contributed by atoms with E-state index in [1.807, 2.05) is 6.07 Å². The summed E-state index contributed by atoms with van der Waals surface area (Å²) < 4.78 is 12.9. The first-order valence-corrected chi connectivity index (χ1v) is 7.90. The van der Waals surface area contributed by atoms with Gasteiger partial charge < -0.3 is 10.2 Å². The number of aromatic nitrogens is 1.